The summed E-state index contributed by atoms with van der Waals surface area (Å²) >= 11 is 5.90. The van der Waals surface area contributed by atoms with Gasteiger partial charge in [0.2, 0.25) is 0 Å². The smallest absolute Gasteiger partial charge is 0.123 e. The lowest BCUT2D eigenvalue weighted by Gasteiger charge is -2.15. The summed E-state index contributed by atoms with van der Waals surface area (Å²) in [7, 11) is 0. The van der Waals surface area contributed by atoms with Crippen LogP contribution in [-0.4, -0.2) is 6.61 Å². The molecule has 0 saturated heterocycles. The third kappa shape index (κ3) is 2.35. The van der Waals surface area contributed by atoms with Gasteiger partial charge in [0, 0.05) is 17.1 Å². The highest BCUT2D eigenvalue weighted by atomic mass is 35.5. The minimum absolute atomic E-state index is 0.203. The lowest BCUT2D eigenvalue weighted by atomic mass is 10.1. The van der Waals surface area contributed by atoms with Gasteiger partial charge in [0.15, 0.2) is 0 Å². The molecule has 1 unspecified atom stereocenters. The van der Waals surface area contributed by atoms with E-state index in [0.29, 0.717) is 6.61 Å². The average Bonchev–Trinajstić information content (AvgIpc) is 2.62. The van der Waals surface area contributed by atoms with E-state index < -0.39 is 0 Å². The maximum atomic E-state index is 5.90. The molecule has 1 N–H and O–H groups in total. The molecule has 0 fully saturated rings. The quantitative estimate of drug-likeness (QED) is 0.846. The molecule has 1 aliphatic rings. The number of para-hydroxylation sites is 1. The van der Waals surface area contributed by atoms with Crippen LogP contribution in [0.5, 0.6) is 5.75 Å². The first-order valence-corrected chi connectivity index (χ1v) is 6.40. The molecular weight excluding hydrogens is 246 g/mol. The summed E-state index contributed by atoms with van der Waals surface area (Å²) in [5.74, 6) is 0.974. The van der Waals surface area contributed by atoms with Crippen LogP contribution in [0.3, 0.4) is 0 Å². The predicted octanol–water partition coefficient (Wildman–Crippen LogP) is 3.56. The standard InChI is InChI=1S/C15H14ClNO/c16-13-7-5-11(6-8-13)14-10-18-15-4-2-1-3-12(15)9-17-14/h1-8,14,17H,9-10H2. The number of hydrogen-bond donors (Lipinski definition) is 1. The van der Waals surface area contributed by atoms with Crippen LogP contribution in [0.4, 0.5) is 0 Å². The van der Waals surface area contributed by atoms with E-state index in [1.807, 2.05) is 42.5 Å². The Morgan fingerprint density at radius 1 is 1.06 bits per heavy atom. The number of benzene rings is 2. The second-order valence-electron chi connectivity index (χ2n) is 4.40. The van der Waals surface area contributed by atoms with E-state index in [2.05, 4.69) is 11.4 Å². The van der Waals surface area contributed by atoms with Crippen molar-refractivity contribution in [2.45, 2.75) is 12.6 Å². The largest absolute Gasteiger partial charge is 0.491 e. The molecule has 3 rings (SSSR count). The first kappa shape index (κ1) is 11.6. The van der Waals surface area contributed by atoms with Gasteiger partial charge in [0.1, 0.15) is 12.4 Å². The minimum atomic E-state index is 0.203. The molecular formula is C15H14ClNO. The van der Waals surface area contributed by atoms with E-state index in [1.165, 1.54) is 11.1 Å². The lowest BCUT2D eigenvalue weighted by molar-refractivity contribution is 0.280. The van der Waals surface area contributed by atoms with E-state index in [0.717, 1.165) is 17.3 Å². The van der Waals surface area contributed by atoms with Crippen LogP contribution in [0.1, 0.15) is 17.2 Å². The maximum absolute atomic E-state index is 5.90. The Morgan fingerprint density at radius 2 is 1.83 bits per heavy atom. The highest BCUT2D eigenvalue weighted by Crippen LogP contribution is 2.25. The molecule has 0 saturated carbocycles. The van der Waals surface area contributed by atoms with Gasteiger partial charge in [0.25, 0.3) is 0 Å². The van der Waals surface area contributed by atoms with E-state index in [9.17, 15) is 0 Å². The van der Waals surface area contributed by atoms with Crippen molar-refractivity contribution in [1.29, 1.82) is 0 Å². The summed E-state index contributed by atoms with van der Waals surface area (Å²) < 4.78 is 5.85. The van der Waals surface area contributed by atoms with Crippen LogP contribution in [0, 0.1) is 0 Å². The summed E-state index contributed by atoms with van der Waals surface area (Å²) in [5, 5.41) is 4.27. The highest BCUT2D eigenvalue weighted by molar-refractivity contribution is 6.30. The van der Waals surface area contributed by atoms with Crippen molar-refractivity contribution in [1.82, 2.24) is 5.32 Å². The van der Waals surface area contributed by atoms with Crippen LogP contribution in [0.25, 0.3) is 0 Å². The van der Waals surface area contributed by atoms with Crippen molar-refractivity contribution in [2.24, 2.45) is 0 Å². The molecule has 0 spiro atoms. The molecule has 1 aliphatic heterocycles. The highest BCUT2D eigenvalue weighted by Gasteiger charge is 2.17. The molecule has 0 bridgehead atoms. The summed E-state index contributed by atoms with van der Waals surface area (Å²) in [4.78, 5) is 0. The van der Waals surface area contributed by atoms with Crippen LogP contribution in [0.2, 0.25) is 5.02 Å². The van der Waals surface area contributed by atoms with E-state index in [1.54, 1.807) is 0 Å². The van der Waals surface area contributed by atoms with Crippen molar-refractivity contribution >= 4 is 11.6 Å². The molecule has 18 heavy (non-hydrogen) atoms. The monoisotopic (exact) mass is 259 g/mol. The van der Waals surface area contributed by atoms with Crippen LogP contribution in [0.15, 0.2) is 48.5 Å². The molecule has 0 amide bonds. The predicted molar refractivity (Wildman–Crippen MR) is 73.0 cm³/mol. The molecule has 0 aliphatic carbocycles. The number of hydrogen-bond acceptors (Lipinski definition) is 2. The molecule has 2 aromatic carbocycles. The van der Waals surface area contributed by atoms with E-state index in [4.69, 9.17) is 16.3 Å². The Morgan fingerprint density at radius 3 is 2.67 bits per heavy atom. The van der Waals surface area contributed by atoms with Gasteiger partial charge in [-0.1, -0.05) is 41.9 Å². The number of rotatable bonds is 1. The van der Waals surface area contributed by atoms with Crippen LogP contribution < -0.4 is 10.1 Å². The van der Waals surface area contributed by atoms with Crippen molar-refractivity contribution in [3.63, 3.8) is 0 Å². The third-order valence-electron chi connectivity index (χ3n) is 3.19. The first-order valence-electron chi connectivity index (χ1n) is 6.02. The van der Waals surface area contributed by atoms with Gasteiger partial charge >= 0.3 is 0 Å². The molecule has 0 aromatic heterocycles. The fourth-order valence-corrected chi connectivity index (χ4v) is 2.29. The van der Waals surface area contributed by atoms with Gasteiger partial charge in [-0.3, -0.25) is 0 Å². The van der Waals surface area contributed by atoms with Gasteiger partial charge < -0.3 is 10.1 Å². The first-order chi connectivity index (χ1) is 8.83. The topological polar surface area (TPSA) is 21.3 Å². The van der Waals surface area contributed by atoms with E-state index >= 15 is 0 Å². The zero-order valence-electron chi connectivity index (χ0n) is 9.90. The zero-order chi connectivity index (χ0) is 12.4. The van der Waals surface area contributed by atoms with Gasteiger partial charge in [-0.15, -0.1) is 0 Å². The van der Waals surface area contributed by atoms with Gasteiger partial charge in [-0.05, 0) is 23.8 Å². The molecule has 2 aromatic rings. The van der Waals surface area contributed by atoms with Gasteiger partial charge in [-0.2, -0.15) is 0 Å². The molecule has 92 valence electrons. The third-order valence-corrected chi connectivity index (χ3v) is 3.44. The Hall–Kier alpha value is -1.51. The van der Waals surface area contributed by atoms with Crippen molar-refractivity contribution in [3.05, 3.63) is 64.7 Å². The second-order valence-corrected chi connectivity index (χ2v) is 4.84. The fourth-order valence-electron chi connectivity index (χ4n) is 2.17. The second kappa shape index (κ2) is 5.01. The minimum Gasteiger partial charge on any atom is -0.491 e. The summed E-state index contributed by atoms with van der Waals surface area (Å²) in [6.45, 7) is 1.46. The van der Waals surface area contributed by atoms with Crippen LogP contribution >= 0.6 is 11.6 Å². The molecule has 3 heteroatoms. The fraction of sp³-hybridized carbons (Fsp3) is 0.200. The number of halogens is 1. The summed E-state index contributed by atoms with van der Waals surface area (Å²) in [6.07, 6.45) is 0. The average molecular weight is 260 g/mol. The molecule has 0 radical (unpaired) electrons. The Kier molecular flexibility index (Phi) is 3.22. The number of ether oxygens (including phenoxy) is 1. The molecule has 2 nitrogen and oxygen atoms in total. The van der Waals surface area contributed by atoms with Crippen molar-refractivity contribution < 1.29 is 4.74 Å². The number of fused-ring (bicyclic) bond motifs is 1. The lowest BCUT2D eigenvalue weighted by Crippen LogP contribution is -2.23. The van der Waals surface area contributed by atoms with Gasteiger partial charge in [-0.25, -0.2) is 0 Å². The zero-order valence-corrected chi connectivity index (χ0v) is 10.7. The Bertz CT molecular complexity index is 511. The summed E-state index contributed by atoms with van der Waals surface area (Å²) in [5.41, 5.74) is 2.40. The van der Waals surface area contributed by atoms with Crippen molar-refractivity contribution in [2.75, 3.05) is 6.61 Å². The van der Waals surface area contributed by atoms with Crippen LogP contribution in [-0.2, 0) is 6.54 Å². The normalized spacial score (nSPS) is 18.6. The number of nitrogens with one attached hydrogen (secondary N) is 1. The SMILES string of the molecule is Clc1ccc(C2COc3ccccc3CN2)cc1. The molecule has 1 heterocycles. The summed E-state index contributed by atoms with van der Waals surface area (Å²) in [6, 6.07) is 16.3. The molecule has 1 atom stereocenters. The maximum Gasteiger partial charge on any atom is 0.123 e. The van der Waals surface area contributed by atoms with Crippen molar-refractivity contribution in [3.8, 4) is 5.75 Å². The van der Waals surface area contributed by atoms with Gasteiger partial charge in [0.05, 0.1) is 6.04 Å². The Balaban J connectivity index is 1.80. The van der Waals surface area contributed by atoms with E-state index in [-0.39, 0.29) is 6.04 Å². The Labute approximate surface area is 112 Å².